The average molecular weight is 271 g/mol. The van der Waals surface area contributed by atoms with Gasteiger partial charge in [0.2, 0.25) is 5.91 Å². The molecule has 1 aromatic rings. The molecule has 98 valence electrons. The van der Waals surface area contributed by atoms with Gasteiger partial charge < -0.3 is 10.2 Å². The minimum Gasteiger partial charge on any atom is -0.340 e. The Balaban J connectivity index is 2.05. The van der Waals surface area contributed by atoms with E-state index in [9.17, 15) is 9.59 Å². The molecule has 0 saturated carbocycles. The lowest BCUT2D eigenvalue weighted by molar-refractivity contribution is -0.131. The number of carbonyl (C=O) groups is 1. The SMILES string of the molecule is O=C(Cn1cc(Cl)cnc1=O)N1CCCNCC1. The first-order chi connectivity index (χ1) is 8.66. The normalized spacial score (nSPS) is 16.4. The molecular formula is C11H15ClN4O2. The molecule has 2 heterocycles. The summed E-state index contributed by atoms with van der Waals surface area (Å²) in [7, 11) is 0. The molecule has 0 aliphatic carbocycles. The summed E-state index contributed by atoms with van der Waals surface area (Å²) in [5.74, 6) is -0.0788. The Hall–Kier alpha value is -1.40. The highest BCUT2D eigenvalue weighted by molar-refractivity contribution is 6.30. The second-order valence-electron chi connectivity index (χ2n) is 4.17. The first kappa shape index (κ1) is 13.0. The number of halogens is 1. The van der Waals surface area contributed by atoms with Gasteiger partial charge in [-0.1, -0.05) is 11.6 Å². The number of nitrogens with zero attached hydrogens (tertiary/aromatic N) is 3. The van der Waals surface area contributed by atoms with Crippen LogP contribution in [-0.2, 0) is 11.3 Å². The fraction of sp³-hybridized carbons (Fsp3) is 0.545. The van der Waals surface area contributed by atoms with Gasteiger partial charge in [0.15, 0.2) is 0 Å². The number of hydrogen-bond acceptors (Lipinski definition) is 4. The summed E-state index contributed by atoms with van der Waals surface area (Å²) in [4.78, 5) is 28.9. The third-order valence-electron chi connectivity index (χ3n) is 2.82. The van der Waals surface area contributed by atoms with Crippen molar-refractivity contribution in [3.8, 4) is 0 Å². The zero-order valence-electron chi connectivity index (χ0n) is 9.93. The number of rotatable bonds is 2. The zero-order chi connectivity index (χ0) is 13.0. The highest BCUT2D eigenvalue weighted by atomic mass is 35.5. The lowest BCUT2D eigenvalue weighted by Crippen LogP contribution is -2.38. The summed E-state index contributed by atoms with van der Waals surface area (Å²) in [6, 6.07) is 0. The van der Waals surface area contributed by atoms with Gasteiger partial charge in [-0.3, -0.25) is 9.36 Å². The van der Waals surface area contributed by atoms with E-state index in [2.05, 4.69) is 10.3 Å². The number of amides is 1. The van der Waals surface area contributed by atoms with E-state index in [0.29, 0.717) is 18.1 Å². The molecule has 1 amide bonds. The van der Waals surface area contributed by atoms with E-state index in [4.69, 9.17) is 11.6 Å². The molecule has 0 spiro atoms. The van der Waals surface area contributed by atoms with Crippen LogP contribution in [-0.4, -0.2) is 46.5 Å². The lowest BCUT2D eigenvalue weighted by Gasteiger charge is -2.20. The van der Waals surface area contributed by atoms with Crippen LogP contribution in [0.15, 0.2) is 17.2 Å². The van der Waals surface area contributed by atoms with Crippen LogP contribution in [0.3, 0.4) is 0 Å². The Bertz CT molecular complexity index is 480. The molecule has 0 unspecified atom stereocenters. The fourth-order valence-electron chi connectivity index (χ4n) is 1.88. The van der Waals surface area contributed by atoms with Gasteiger partial charge >= 0.3 is 5.69 Å². The molecule has 0 radical (unpaired) electrons. The third-order valence-corrected chi connectivity index (χ3v) is 3.02. The van der Waals surface area contributed by atoms with E-state index >= 15 is 0 Å². The van der Waals surface area contributed by atoms with Crippen molar-refractivity contribution < 1.29 is 4.79 Å². The minimum atomic E-state index is -0.458. The molecule has 6 nitrogen and oxygen atoms in total. The maximum atomic E-state index is 12.1. The Kier molecular flexibility index (Phi) is 4.33. The Labute approximate surface area is 110 Å². The second-order valence-corrected chi connectivity index (χ2v) is 4.60. The molecule has 1 fully saturated rings. The van der Waals surface area contributed by atoms with Crippen LogP contribution in [0.4, 0.5) is 0 Å². The second kappa shape index (κ2) is 5.97. The predicted molar refractivity (Wildman–Crippen MR) is 67.6 cm³/mol. The van der Waals surface area contributed by atoms with Crippen molar-refractivity contribution in [2.75, 3.05) is 26.2 Å². The van der Waals surface area contributed by atoms with E-state index in [-0.39, 0.29) is 12.5 Å². The van der Waals surface area contributed by atoms with Gasteiger partial charge in [-0.2, -0.15) is 0 Å². The van der Waals surface area contributed by atoms with Crippen LogP contribution in [0.1, 0.15) is 6.42 Å². The molecule has 7 heteroatoms. The Morgan fingerprint density at radius 3 is 3.11 bits per heavy atom. The predicted octanol–water partition coefficient (Wildman–Crippen LogP) is -0.281. The smallest absolute Gasteiger partial charge is 0.340 e. The van der Waals surface area contributed by atoms with Gasteiger partial charge in [-0.05, 0) is 13.0 Å². The fourth-order valence-corrected chi connectivity index (χ4v) is 2.05. The van der Waals surface area contributed by atoms with E-state index in [1.165, 1.54) is 17.0 Å². The summed E-state index contributed by atoms with van der Waals surface area (Å²) in [5.41, 5.74) is -0.458. The van der Waals surface area contributed by atoms with Crippen molar-refractivity contribution in [2.45, 2.75) is 13.0 Å². The van der Waals surface area contributed by atoms with E-state index in [0.717, 1.165) is 19.5 Å². The van der Waals surface area contributed by atoms with Gasteiger partial charge in [0.25, 0.3) is 0 Å². The van der Waals surface area contributed by atoms with Crippen molar-refractivity contribution in [2.24, 2.45) is 0 Å². The number of hydrogen-bond donors (Lipinski definition) is 1. The van der Waals surface area contributed by atoms with Crippen LogP contribution in [0.2, 0.25) is 5.02 Å². The van der Waals surface area contributed by atoms with Gasteiger partial charge in [0.1, 0.15) is 6.54 Å². The molecule has 0 bridgehead atoms. The Morgan fingerprint density at radius 1 is 1.44 bits per heavy atom. The quantitative estimate of drug-likeness (QED) is 0.803. The molecule has 0 atom stereocenters. The lowest BCUT2D eigenvalue weighted by atomic mass is 10.4. The molecule has 0 aromatic carbocycles. The summed E-state index contributed by atoms with van der Waals surface area (Å²) in [6.45, 7) is 3.08. The molecule has 1 aromatic heterocycles. The number of carbonyl (C=O) groups excluding carboxylic acids is 1. The largest absolute Gasteiger partial charge is 0.348 e. The van der Waals surface area contributed by atoms with Crippen molar-refractivity contribution in [3.63, 3.8) is 0 Å². The summed E-state index contributed by atoms with van der Waals surface area (Å²) < 4.78 is 1.24. The van der Waals surface area contributed by atoms with Gasteiger partial charge in [-0.25, -0.2) is 9.78 Å². The average Bonchev–Trinajstić information content (AvgIpc) is 2.62. The molecule has 1 aliphatic heterocycles. The van der Waals surface area contributed by atoms with Crippen molar-refractivity contribution >= 4 is 17.5 Å². The molecule has 18 heavy (non-hydrogen) atoms. The van der Waals surface area contributed by atoms with Crippen LogP contribution in [0.5, 0.6) is 0 Å². The van der Waals surface area contributed by atoms with E-state index in [1.807, 2.05) is 0 Å². The van der Waals surface area contributed by atoms with E-state index in [1.54, 1.807) is 4.90 Å². The molecule has 1 saturated heterocycles. The minimum absolute atomic E-state index is 0.00755. The maximum absolute atomic E-state index is 12.1. The van der Waals surface area contributed by atoms with E-state index < -0.39 is 5.69 Å². The number of aromatic nitrogens is 2. The van der Waals surface area contributed by atoms with Crippen molar-refractivity contribution in [1.82, 2.24) is 19.8 Å². The van der Waals surface area contributed by atoms with Gasteiger partial charge in [-0.15, -0.1) is 0 Å². The summed E-state index contributed by atoms with van der Waals surface area (Å²) in [6.07, 6.45) is 3.64. The first-order valence-corrected chi connectivity index (χ1v) is 6.25. The maximum Gasteiger partial charge on any atom is 0.348 e. The molecular weight excluding hydrogens is 256 g/mol. The van der Waals surface area contributed by atoms with Crippen LogP contribution in [0.25, 0.3) is 0 Å². The Morgan fingerprint density at radius 2 is 2.28 bits per heavy atom. The van der Waals surface area contributed by atoms with Crippen LogP contribution >= 0.6 is 11.6 Å². The standard InChI is InChI=1S/C11H15ClN4O2/c12-9-6-14-11(18)16(7-9)8-10(17)15-4-1-2-13-3-5-15/h6-7,13H,1-5,8H2. The number of nitrogens with one attached hydrogen (secondary N) is 1. The van der Waals surface area contributed by atoms with Crippen molar-refractivity contribution in [3.05, 3.63) is 27.9 Å². The topological polar surface area (TPSA) is 67.2 Å². The first-order valence-electron chi connectivity index (χ1n) is 5.87. The van der Waals surface area contributed by atoms with Crippen LogP contribution in [0, 0.1) is 0 Å². The zero-order valence-corrected chi connectivity index (χ0v) is 10.7. The van der Waals surface area contributed by atoms with Crippen LogP contribution < -0.4 is 11.0 Å². The highest BCUT2D eigenvalue weighted by Gasteiger charge is 2.16. The van der Waals surface area contributed by atoms with Gasteiger partial charge in [0, 0.05) is 25.8 Å². The monoisotopic (exact) mass is 270 g/mol. The molecule has 1 aliphatic rings. The third kappa shape index (κ3) is 3.30. The van der Waals surface area contributed by atoms with Gasteiger partial charge in [0.05, 0.1) is 11.2 Å². The molecule has 1 N–H and O–H groups in total. The summed E-state index contributed by atoms with van der Waals surface area (Å²) in [5, 5.41) is 3.57. The molecule has 2 rings (SSSR count). The van der Waals surface area contributed by atoms with Crippen molar-refractivity contribution in [1.29, 1.82) is 0 Å². The summed E-state index contributed by atoms with van der Waals surface area (Å²) >= 11 is 5.76. The highest BCUT2D eigenvalue weighted by Crippen LogP contribution is 2.03.